The van der Waals surface area contributed by atoms with Crippen molar-refractivity contribution in [2.75, 3.05) is 43.3 Å². The summed E-state index contributed by atoms with van der Waals surface area (Å²) in [7, 11) is 5.00. The summed E-state index contributed by atoms with van der Waals surface area (Å²) in [6.07, 6.45) is 0. The number of hydroxylamine groups is 1. The van der Waals surface area contributed by atoms with Crippen LogP contribution in [0.4, 0.5) is 23.3 Å². The van der Waals surface area contributed by atoms with Crippen LogP contribution < -0.4 is 21.0 Å². The molecular weight excluding hydrogens is 382 g/mol. The maximum Gasteiger partial charge on any atom is 0.274 e. The molecule has 0 fully saturated rings. The second-order valence-electron chi connectivity index (χ2n) is 8.16. The Labute approximate surface area is 177 Å². The predicted molar refractivity (Wildman–Crippen MR) is 118 cm³/mol. The summed E-state index contributed by atoms with van der Waals surface area (Å²) in [6, 6.07) is 7.42. The molecule has 0 atom stereocenters. The number of anilines is 4. The molecule has 0 aliphatic carbocycles. The normalized spacial score (nSPS) is 10.9. The van der Waals surface area contributed by atoms with Gasteiger partial charge in [-0.3, -0.25) is 9.63 Å². The number of aromatic nitrogens is 2. The lowest BCUT2D eigenvalue weighted by Crippen LogP contribution is -2.30. The third-order valence-corrected chi connectivity index (χ3v) is 4.25. The van der Waals surface area contributed by atoms with Crippen molar-refractivity contribution in [3.05, 3.63) is 34.9 Å². The van der Waals surface area contributed by atoms with E-state index < -0.39 is 0 Å². The van der Waals surface area contributed by atoms with Crippen LogP contribution in [0.2, 0.25) is 0 Å². The number of rotatable bonds is 7. The van der Waals surface area contributed by atoms with E-state index in [0.717, 1.165) is 5.56 Å². The van der Waals surface area contributed by atoms with Gasteiger partial charge in [0.2, 0.25) is 5.95 Å². The molecule has 0 unspecified atom stereocenters. The molecule has 0 saturated carbocycles. The van der Waals surface area contributed by atoms with Crippen molar-refractivity contribution in [2.45, 2.75) is 27.7 Å². The van der Waals surface area contributed by atoms with E-state index in [1.165, 1.54) is 7.11 Å². The van der Waals surface area contributed by atoms with Crippen molar-refractivity contribution in [3.63, 3.8) is 0 Å². The molecule has 2 rings (SSSR count). The van der Waals surface area contributed by atoms with Crippen LogP contribution in [0.1, 0.15) is 42.3 Å². The van der Waals surface area contributed by atoms with Crippen molar-refractivity contribution in [3.8, 4) is 6.07 Å². The van der Waals surface area contributed by atoms with Gasteiger partial charge in [0.15, 0.2) is 11.6 Å². The third-order valence-electron chi connectivity index (χ3n) is 4.25. The second-order valence-corrected chi connectivity index (χ2v) is 8.16. The van der Waals surface area contributed by atoms with Crippen LogP contribution in [0.25, 0.3) is 0 Å². The van der Waals surface area contributed by atoms with Crippen molar-refractivity contribution >= 4 is 29.2 Å². The summed E-state index contributed by atoms with van der Waals surface area (Å²) < 4.78 is 0. The molecular formula is C21H29N7O2. The summed E-state index contributed by atoms with van der Waals surface area (Å²) in [5.74, 6) is 0.906. The van der Waals surface area contributed by atoms with E-state index in [0.29, 0.717) is 40.9 Å². The summed E-state index contributed by atoms with van der Waals surface area (Å²) in [5.41, 5.74) is 4.59. The second kappa shape index (κ2) is 9.41. The van der Waals surface area contributed by atoms with Gasteiger partial charge in [-0.25, -0.2) is 5.48 Å². The van der Waals surface area contributed by atoms with E-state index in [-0.39, 0.29) is 11.3 Å². The zero-order valence-electron chi connectivity index (χ0n) is 18.5. The SMILES string of the molecule is CNc1nc(Nc2cc(C(=O)NOC)ccc2C)c(C#N)c(N(C)CC(C)(C)C)n1. The van der Waals surface area contributed by atoms with E-state index in [9.17, 15) is 10.1 Å². The third kappa shape index (κ3) is 5.58. The Bertz CT molecular complexity index is 961. The average molecular weight is 412 g/mol. The molecule has 3 N–H and O–H groups in total. The fraction of sp³-hybridized carbons (Fsp3) is 0.429. The fourth-order valence-corrected chi connectivity index (χ4v) is 2.99. The highest BCUT2D eigenvalue weighted by Crippen LogP contribution is 2.30. The van der Waals surface area contributed by atoms with E-state index in [1.54, 1.807) is 19.2 Å². The number of nitrogens with one attached hydrogen (secondary N) is 3. The monoisotopic (exact) mass is 411 g/mol. The Hall–Kier alpha value is -3.38. The van der Waals surface area contributed by atoms with Crippen molar-refractivity contribution < 1.29 is 9.63 Å². The molecule has 0 saturated heterocycles. The van der Waals surface area contributed by atoms with Gasteiger partial charge in [-0.1, -0.05) is 26.8 Å². The van der Waals surface area contributed by atoms with Gasteiger partial charge in [-0.05, 0) is 30.0 Å². The first-order chi connectivity index (χ1) is 14.1. The molecule has 0 aliphatic heterocycles. The van der Waals surface area contributed by atoms with Gasteiger partial charge < -0.3 is 15.5 Å². The molecule has 1 aromatic carbocycles. The van der Waals surface area contributed by atoms with Crippen LogP contribution >= 0.6 is 0 Å². The topological polar surface area (TPSA) is 115 Å². The summed E-state index contributed by atoms with van der Waals surface area (Å²) in [4.78, 5) is 27.7. The highest BCUT2D eigenvalue weighted by Gasteiger charge is 2.22. The van der Waals surface area contributed by atoms with Gasteiger partial charge in [0.25, 0.3) is 5.91 Å². The minimum atomic E-state index is -0.370. The van der Waals surface area contributed by atoms with Crippen LogP contribution in [-0.4, -0.2) is 43.6 Å². The number of benzene rings is 1. The first-order valence-electron chi connectivity index (χ1n) is 9.51. The number of nitriles is 1. The first-order valence-corrected chi connectivity index (χ1v) is 9.51. The Morgan fingerprint density at radius 1 is 1.30 bits per heavy atom. The van der Waals surface area contributed by atoms with Crippen molar-refractivity contribution in [1.82, 2.24) is 15.4 Å². The summed E-state index contributed by atoms with van der Waals surface area (Å²) in [5, 5.41) is 16.0. The molecule has 9 heteroatoms. The maximum absolute atomic E-state index is 12.1. The predicted octanol–water partition coefficient (Wildman–Crippen LogP) is 3.22. The molecule has 0 spiro atoms. The molecule has 1 amide bonds. The van der Waals surface area contributed by atoms with E-state index in [4.69, 9.17) is 4.84 Å². The lowest BCUT2D eigenvalue weighted by Gasteiger charge is -2.28. The number of aryl methyl sites for hydroxylation is 1. The van der Waals surface area contributed by atoms with Gasteiger partial charge in [0.05, 0.1) is 7.11 Å². The number of carbonyl (C=O) groups is 1. The van der Waals surface area contributed by atoms with Crippen LogP contribution in [0.15, 0.2) is 18.2 Å². The van der Waals surface area contributed by atoms with Crippen LogP contribution in [-0.2, 0) is 4.84 Å². The summed E-state index contributed by atoms with van der Waals surface area (Å²) >= 11 is 0. The average Bonchev–Trinajstić information content (AvgIpc) is 2.67. The maximum atomic E-state index is 12.1. The molecule has 160 valence electrons. The zero-order valence-corrected chi connectivity index (χ0v) is 18.5. The van der Waals surface area contributed by atoms with E-state index >= 15 is 0 Å². The van der Waals surface area contributed by atoms with E-state index in [1.807, 2.05) is 24.9 Å². The van der Waals surface area contributed by atoms with Crippen LogP contribution in [0.5, 0.6) is 0 Å². The zero-order chi connectivity index (χ0) is 22.5. The molecule has 0 radical (unpaired) electrons. The molecule has 2 aromatic rings. The van der Waals surface area contributed by atoms with E-state index in [2.05, 4.69) is 52.9 Å². The first kappa shape index (κ1) is 22.9. The lowest BCUT2D eigenvalue weighted by atomic mass is 9.96. The number of nitrogens with zero attached hydrogens (tertiary/aromatic N) is 4. The van der Waals surface area contributed by atoms with Gasteiger partial charge in [0, 0.05) is 31.9 Å². The van der Waals surface area contributed by atoms with Crippen LogP contribution in [0, 0.1) is 23.7 Å². The quantitative estimate of drug-likeness (QED) is 0.595. The number of amides is 1. The van der Waals surface area contributed by atoms with Gasteiger partial charge in [-0.2, -0.15) is 15.2 Å². The smallest absolute Gasteiger partial charge is 0.274 e. The molecule has 1 heterocycles. The molecule has 0 aliphatic rings. The molecule has 30 heavy (non-hydrogen) atoms. The molecule has 9 nitrogen and oxygen atoms in total. The van der Waals surface area contributed by atoms with Crippen molar-refractivity contribution in [1.29, 1.82) is 5.26 Å². The standard InChI is InChI=1S/C21H29N7O2/c1-13-8-9-14(19(29)27-30-7)10-16(13)24-17-15(11-22)18(26-20(23-5)25-17)28(6)12-21(2,3)4/h8-10H,12H2,1-7H3,(H,27,29)(H2,23,24,25,26). The van der Waals surface area contributed by atoms with Crippen molar-refractivity contribution in [2.24, 2.45) is 5.41 Å². The highest BCUT2D eigenvalue weighted by atomic mass is 16.6. The number of hydrogen-bond acceptors (Lipinski definition) is 8. The highest BCUT2D eigenvalue weighted by molar-refractivity contribution is 5.95. The largest absolute Gasteiger partial charge is 0.358 e. The minimum Gasteiger partial charge on any atom is -0.358 e. The van der Waals surface area contributed by atoms with Crippen LogP contribution in [0.3, 0.4) is 0 Å². The van der Waals surface area contributed by atoms with Gasteiger partial charge in [0.1, 0.15) is 11.6 Å². The summed E-state index contributed by atoms with van der Waals surface area (Å²) in [6.45, 7) is 8.96. The fourth-order valence-electron chi connectivity index (χ4n) is 2.99. The van der Waals surface area contributed by atoms with Gasteiger partial charge >= 0.3 is 0 Å². The minimum absolute atomic E-state index is 0.0133. The molecule has 0 bridgehead atoms. The Morgan fingerprint density at radius 2 is 2.00 bits per heavy atom. The Morgan fingerprint density at radius 3 is 2.57 bits per heavy atom. The Balaban J connectivity index is 2.52. The number of hydrogen-bond donors (Lipinski definition) is 3. The molecule has 1 aromatic heterocycles. The number of carbonyl (C=O) groups excluding carboxylic acids is 1. The lowest BCUT2D eigenvalue weighted by molar-refractivity contribution is 0.0537. The van der Waals surface area contributed by atoms with Gasteiger partial charge in [-0.15, -0.1) is 0 Å². The Kier molecular flexibility index (Phi) is 7.19.